The Balaban J connectivity index is 4.33. The molecule has 0 aliphatic heterocycles. The third-order valence-corrected chi connectivity index (χ3v) is 10.1. The van der Waals surface area contributed by atoms with Crippen molar-refractivity contribution in [2.24, 2.45) is 0 Å². The van der Waals surface area contributed by atoms with E-state index >= 15 is 0 Å². The van der Waals surface area contributed by atoms with E-state index in [0.29, 0.717) is 23.9 Å². The summed E-state index contributed by atoms with van der Waals surface area (Å²) < 4.78 is 23.1. The summed E-state index contributed by atoms with van der Waals surface area (Å²) in [5.41, 5.74) is 0. The molecule has 2 N–H and O–H groups in total. The first-order valence-electron chi connectivity index (χ1n) is 19.9. The van der Waals surface area contributed by atoms with Crippen LogP contribution < -0.4 is 10.2 Å². The van der Waals surface area contributed by atoms with Crippen molar-refractivity contribution < 1.29 is 32.9 Å². The molecule has 0 aliphatic carbocycles. The zero-order valence-corrected chi connectivity index (χ0v) is 32.6. The molecular formula is C38H79N2O6P. The van der Waals surface area contributed by atoms with Crippen LogP contribution in [0.15, 0.2) is 0 Å². The number of nitrogens with one attached hydrogen (secondary N) is 1. The fourth-order valence-corrected chi connectivity index (χ4v) is 6.59. The SMILES string of the molecule is CCCCCCCCCCCCCCCCCCC[C@@H](O)[C@H](COP(=O)([O-])OCC[N+](C)(C)C)NC(=O)CCCCCCCCCC. The first-order valence-corrected chi connectivity index (χ1v) is 21.3. The summed E-state index contributed by atoms with van der Waals surface area (Å²) in [6.45, 7) is 4.69. The fourth-order valence-electron chi connectivity index (χ4n) is 5.86. The van der Waals surface area contributed by atoms with E-state index in [1.54, 1.807) is 0 Å². The van der Waals surface area contributed by atoms with Gasteiger partial charge in [0, 0.05) is 6.42 Å². The maximum Gasteiger partial charge on any atom is 0.268 e. The summed E-state index contributed by atoms with van der Waals surface area (Å²) in [5, 5.41) is 13.8. The minimum absolute atomic E-state index is 0.0154. The molecule has 1 unspecified atom stereocenters. The van der Waals surface area contributed by atoms with Gasteiger partial charge in [-0.2, -0.15) is 0 Å². The first kappa shape index (κ1) is 46.5. The van der Waals surface area contributed by atoms with Gasteiger partial charge in [-0.15, -0.1) is 0 Å². The molecular weight excluding hydrogens is 611 g/mol. The Labute approximate surface area is 291 Å². The van der Waals surface area contributed by atoms with Crippen LogP contribution in [-0.4, -0.2) is 68.5 Å². The summed E-state index contributed by atoms with van der Waals surface area (Å²) in [6, 6.07) is -0.790. The van der Waals surface area contributed by atoms with Crippen molar-refractivity contribution >= 4 is 13.7 Å². The van der Waals surface area contributed by atoms with Gasteiger partial charge in [0.2, 0.25) is 5.91 Å². The zero-order valence-electron chi connectivity index (χ0n) is 31.8. The van der Waals surface area contributed by atoms with Crippen LogP contribution in [-0.2, 0) is 18.4 Å². The van der Waals surface area contributed by atoms with Crippen LogP contribution in [0, 0.1) is 0 Å². The van der Waals surface area contributed by atoms with Gasteiger partial charge in [-0.3, -0.25) is 9.36 Å². The summed E-state index contributed by atoms with van der Waals surface area (Å²) in [6.07, 6.45) is 31.1. The first-order chi connectivity index (χ1) is 22.5. The lowest BCUT2D eigenvalue weighted by Crippen LogP contribution is -2.46. The molecule has 3 atom stereocenters. The minimum atomic E-state index is -4.55. The molecule has 0 aromatic carbocycles. The Kier molecular flexibility index (Phi) is 31.1. The molecule has 0 bridgehead atoms. The van der Waals surface area contributed by atoms with Gasteiger partial charge in [0.1, 0.15) is 13.2 Å². The van der Waals surface area contributed by atoms with Crippen LogP contribution >= 0.6 is 7.82 Å². The maximum absolute atomic E-state index is 12.7. The molecule has 0 aliphatic rings. The van der Waals surface area contributed by atoms with E-state index in [4.69, 9.17) is 9.05 Å². The molecule has 1 amide bonds. The molecule has 0 radical (unpaired) electrons. The summed E-state index contributed by atoms with van der Waals surface area (Å²) >= 11 is 0. The number of aliphatic hydroxyl groups excluding tert-OH is 1. The highest BCUT2D eigenvalue weighted by Gasteiger charge is 2.24. The van der Waals surface area contributed by atoms with Gasteiger partial charge in [0.05, 0.1) is 39.9 Å². The average molecular weight is 691 g/mol. The molecule has 0 saturated heterocycles. The third-order valence-electron chi connectivity index (χ3n) is 9.10. The number of carbonyl (C=O) groups excluding carboxylic acids is 1. The predicted octanol–water partition coefficient (Wildman–Crippen LogP) is 9.61. The number of aliphatic hydroxyl groups is 1. The van der Waals surface area contributed by atoms with E-state index in [0.717, 1.165) is 38.5 Å². The number of unbranched alkanes of at least 4 members (excludes halogenated alkanes) is 23. The number of hydrogen-bond acceptors (Lipinski definition) is 6. The number of phosphoric ester groups is 1. The van der Waals surface area contributed by atoms with Crippen LogP contribution in [0.2, 0.25) is 0 Å². The molecule has 9 heteroatoms. The number of nitrogens with zero attached hydrogens (tertiary/aromatic N) is 1. The second-order valence-corrected chi connectivity index (χ2v) is 16.4. The van der Waals surface area contributed by atoms with E-state index in [1.807, 2.05) is 21.1 Å². The van der Waals surface area contributed by atoms with E-state index in [-0.39, 0.29) is 19.1 Å². The van der Waals surface area contributed by atoms with Crippen molar-refractivity contribution in [1.29, 1.82) is 0 Å². The molecule has 0 saturated carbocycles. The highest BCUT2D eigenvalue weighted by atomic mass is 31.2. The molecule has 0 heterocycles. The number of hydrogen-bond donors (Lipinski definition) is 2. The quantitative estimate of drug-likeness (QED) is 0.0385. The van der Waals surface area contributed by atoms with Gasteiger partial charge in [-0.1, -0.05) is 168 Å². The van der Waals surface area contributed by atoms with E-state index in [9.17, 15) is 19.4 Å². The van der Waals surface area contributed by atoms with Crippen LogP contribution in [0.1, 0.15) is 187 Å². The zero-order chi connectivity index (χ0) is 35.1. The molecule has 282 valence electrons. The van der Waals surface area contributed by atoms with Crippen molar-refractivity contribution in [2.75, 3.05) is 40.9 Å². The van der Waals surface area contributed by atoms with Gasteiger partial charge in [-0.25, -0.2) is 0 Å². The van der Waals surface area contributed by atoms with Crippen LogP contribution in [0.4, 0.5) is 0 Å². The Morgan fingerprint density at radius 1 is 0.660 bits per heavy atom. The Morgan fingerprint density at radius 3 is 1.45 bits per heavy atom. The summed E-state index contributed by atoms with van der Waals surface area (Å²) in [4.78, 5) is 25.1. The van der Waals surface area contributed by atoms with E-state index < -0.39 is 20.0 Å². The summed E-state index contributed by atoms with van der Waals surface area (Å²) in [7, 11) is 1.31. The number of phosphoric acid groups is 1. The number of amides is 1. The topological polar surface area (TPSA) is 108 Å². The third kappa shape index (κ3) is 33.8. The molecule has 0 aromatic rings. The highest BCUT2D eigenvalue weighted by Crippen LogP contribution is 2.38. The van der Waals surface area contributed by atoms with Crippen molar-refractivity contribution in [1.82, 2.24) is 5.32 Å². The second kappa shape index (κ2) is 31.5. The van der Waals surface area contributed by atoms with Gasteiger partial charge < -0.3 is 28.8 Å². The minimum Gasteiger partial charge on any atom is -0.756 e. The molecule has 0 rings (SSSR count). The largest absolute Gasteiger partial charge is 0.756 e. The van der Waals surface area contributed by atoms with Crippen molar-refractivity contribution in [3.63, 3.8) is 0 Å². The Morgan fingerprint density at radius 2 is 1.04 bits per heavy atom. The summed E-state index contributed by atoms with van der Waals surface area (Å²) in [5.74, 6) is -0.169. The number of rotatable bonds is 36. The van der Waals surface area contributed by atoms with Crippen molar-refractivity contribution in [2.45, 2.75) is 199 Å². The normalized spacial score (nSPS) is 14.6. The van der Waals surface area contributed by atoms with Crippen molar-refractivity contribution in [3.05, 3.63) is 0 Å². The molecule has 0 fully saturated rings. The standard InChI is InChI=1S/C38H79N2O6P/c1-6-8-10-12-14-16-17-18-19-20-21-22-23-24-25-27-29-31-37(41)36(35-46-47(43,44)45-34-33-40(3,4)5)39-38(42)32-30-28-26-15-13-11-9-7-2/h36-37,41H,6-35H2,1-5H3,(H-,39,42,43,44)/t36-,37+/m0/s1. The number of carbonyl (C=O) groups is 1. The number of likely N-dealkylation sites (N-methyl/N-ethyl adjacent to an activating group) is 1. The van der Waals surface area contributed by atoms with Crippen LogP contribution in [0.5, 0.6) is 0 Å². The lowest BCUT2D eigenvalue weighted by molar-refractivity contribution is -0.870. The van der Waals surface area contributed by atoms with Gasteiger partial charge >= 0.3 is 0 Å². The second-order valence-electron chi connectivity index (χ2n) is 15.0. The van der Waals surface area contributed by atoms with Gasteiger partial charge in [0.15, 0.2) is 0 Å². The van der Waals surface area contributed by atoms with Crippen LogP contribution in [0.3, 0.4) is 0 Å². The van der Waals surface area contributed by atoms with Gasteiger partial charge in [0.25, 0.3) is 7.82 Å². The molecule has 0 spiro atoms. The molecule has 0 aromatic heterocycles. The van der Waals surface area contributed by atoms with Gasteiger partial charge in [-0.05, 0) is 12.8 Å². The lowest BCUT2D eigenvalue weighted by atomic mass is 10.0. The van der Waals surface area contributed by atoms with Crippen LogP contribution in [0.25, 0.3) is 0 Å². The van der Waals surface area contributed by atoms with E-state index in [2.05, 4.69) is 19.2 Å². The molecule has 47 heavy (non-hydrogen) atoms. The fraction of sp³-hybridized carbons (Fsp3) is 0.974. The predicted molar refractivity (Wildman–Crippen MR) is 196 cm³/mol. The Bertz CT molecular complexity index is 748. The average Bonchev–Trinajstić information content (AvgIpc) is 3.01. The van der Waals surface area contributed by atoms with E-state index in [1.165, 1.54) is 122 Å². The Hall–Kier alpha value is -0.500. The monoisotopic (exact) mass is 691 g/mol. The molecule has 8 nitrogen and oxygen atoms in total. The highest BCUT2D eigenvalue weighted by molar-refractivity contribution is 7.45. The smallest absolute Gasteiger partial charge is 0.268 e. The number of quaternary nitrogens is 1. The van der Waals surface area contributed by atoms with Crippen molar-refractivity contribution in [3.8, 4) is 0 Å². The maximum atomic E-state index is 12.7. The lowest BCUT2D eigenvalue weighted by Gasteiger charge is -2.30.